The largest absolute Gasteiger partial charge is 0.459 e. The molecule has 1 unspecified atom stereocenters. The average molecular weight is 343 g/mol. The minimum atomic E-state index is -0.243. The van der Waals surface area contributed by atoms with Gasteiger partial charge >= 0.3 is 0 Å². The quantitative estimate of drug-likeness (QED) is 0.715. The third-order valence-electron chi connectivity index (χ3n) is 2.70. The van der Waals surface area contributed by atoms with E-state index in [9.17, 15) is 0 Å². The van der Waals surface area contributed by atoms with E-state index in [4.69, 9.17) is 21.8 Å². The number of thiophene rings is 1. The summed E-state index contributed by atoms with van der Waals surface area (Å²) in [6.45, 7) is 0. The van der Waals surface area contributed by atoms with Crippen LogP contribution in [0.4, 0.5) is 0 Å². The van der Waals surface area contributed by atoms with Crippen molar-refractivity contribution in [3.63, 3.8) is 0 Å². The van der Waals surface area contributed by atoms with E-state index in [1.54, 1.807) is 11.3 Å². The summed E-state index contributed by atoms with van der Waals surface area (Å²) in [6, 6.07) is 11.2. The molecule has 0 aliphatic carbocycles. The highest BCUT2D eigenvalue weighted by molar-refractivity contribution is 9.11. The summed E-state index contributed by atoms with van der Waals surface area (Å²) >= 11 is 11.0. The molecule has 0 radical (unpaired) electrons. The van der Waals surface area contributed by atoms with Gasteiger partial charge in [0.15, 0.2) is 0 Å². The highest BCUT2D eigenvalue weighted by atomic mass is 79.9. The minimum absolute atomic E-state index is 0.243. The molecule has 0 spiro atoms. The number of furan rings is 1. The molecule has 5 heteroatoms. The molecule has 1 atom stereocenters. The molecule has 1 aromatic carbocycles. The normalized spacial score (nSPS) is 13.1. The number of nitrogens with two attached hydrogens (primary N) is 1. The van der Waals surface area contributed by atoms with E-state index in [2.05, 4.69) is 15.9 Å². The molecule has 92 valence electrons. The molecule has 0 bridgehead atoms. The Morgan fingerprint density at radius 2 is 2.06 bits per heavy atom. The maximum absolute atomic E-state index is 6.19. The van der Waals surface area contributed by atoms with Crippen LogP contribution in [0.3, 0.4) is 0 Å². The first-order valence-corrected chi connectivity index (χ1v) is 7.32. The van der Waals surface area contributed by atoms with Gasteiger partial charge in [-0.2, -0.15) is 0 Å². The minimum Gasteiger partial charge on any atom is -0.459 e. The monoisotopic (exact) mass is 341 g/mol. The van der Waals surface area contributed by atoms with Crippen LogP contribution in [0.5, 0.6) is 0 Å². The number of hydrogen-bond acceptors (Lipinski definition) is 3. The highest BCUT2D eigenvalue weighted by Gasteiger charge is 2.16. The van der Waals surface area contributed by atoms with E-state index in [1.807, 2.05) is 36.4 Å². The Morgan fingerprint density at radius 3 is 2.78 bits per heavy atom. The Bertz CT molecular complexity index is 706. The zero-order valence-electron chi connectivity index (χ0n) is 9.19. The molecular formula is C13H9BrClNOS. The predicted molar refractivity (Wildman–Crippen MR) is 79.3 cm³/mol. The molecule has 3 aromatic rings. The Labute approximate surface area is 121 Å². The van der Waals surface area contributed by atoms with Crippen LogP contribution in [-0.2, 0) is 0 Å². The smallest absolute Gasteiger partial charge is 0.134 e. The highest BCUT2D eigenvalue weighted by Crippen LogP contribution is 2.33. The van der Waals surface area contributed by atoms with E-state index in [0.717, 1.165) is 25.4 Å². The molecule has 2 heterocycles. The summed E-state index contributed by atoms with van der Waals surface area (Å²) in [7, 11) is 0. The van der Waals surface area contributed by atoms with Gasteiger partial charge < -0.3 is 10.2 Å². The first-order valence-electron chi connectivity index (χ1n) is 5.33. The van der Waals surface area contributed by atoms with Gasteiger partial charge in [0.25, 0.3) is 0 Å². The van der Waals surface area contributed by atoms with Crippen LogP contribution in [0.1, 0.15) is 16.7 Å². The molecule has 0 fully saturated rings. The number of benzene rings is 1. The Balaban J connectivity index is 2.03. The van der Waals surface area contributed by atoms with Crippen molar-refractivity contribution >= 4 is 49.8 Å². The van der Waals surface area contributed by atoms with E-state index in [1.165, 1.54) is 0 Å². The van der Waals surface area contributed by atoms with Crippen molar-refractivity contribution in [1.82, 2.24) is 0 Å². The molecule has 0 saturated carbocycles. The molecule has 0 aliphatic heterocycles. The standard InChI is InChI=1S/C13H9BrClNOS/c14-12-4-3-11(18-12)13(16)10-6-7-5-8(15)1-2-9(7)17-10/h1-6,13H,16H2. The fourth-order valence-corrected chi connectivity index (χ4v) is 3.44. The molecular weight excluding hydrogens is 334 g/mol. The molecule has 3 rings (SSSR count). The lowest BCUT2D eigenvalue weighted by Gasteiger charge is -2.04. The second kappa shape index (κ2) is 4.70. The summed E-state index contributed by atoms with van der Waals surface area (Å²) in [6.07, 6.45) is 0. The summed E-state index contributed by atoms with van der Waals surface area (Å²) in [5.74, 6) is 0.751. The summed E-state index contributed by atoms with van der Waals surface area (Å²) < 4.78 is 6.82. The first kappa shape index (κ1) is 12.2. The summed E-state index contributed by atoms with van der Waals surface area (Å²) in [5, 5.41) is 1.67. The fourth-order valence-electron chi connectivity index (χ4n) is 1.82. The Morgan fingerprint density at radius 1 is 1.22 bits per heavy atom. The van der Waals surface area contributed by atoms with Crippen molar-refractivity contribution in [3.05, 3.63) is 55.8 Å². The molecule has 2 N–H and O–H groups in total. The van der Waals surface area contributed by atoms with Gasteiger partial charge in [-0.15, -0.1) is 11.3 Å². The van der Waals surface area contributed by atoms with Crippen molar-refractivity contribution in [1.29, 1.82) is 0 Å². The number of rotatable bonds is 2. The van der Waals surface area contributed by atoms with Gasteiger partial charge in [-0.3, -0.25) is 0 Å². The lowest BCUT2D eigenvalue weighted by atomic mass is 10.2. The predicted octanol–water partition coefficient (Wildman–Crippen LogP) is 4.96. The van der Waals surface area contributed by atoms with Crippen LogP contribution in [0.15, 0.2) is 44.6 Å². The summed E-state index contributed by atoms with van der Waals surface area (Å²) in [4.78, 5) is 1.06. The van der Waals surface area contributed by atoms with Crippen molar-refractivity contribution in [3.8, 4) is 0 Å². The third-order valence-corrected chi connectivity index (χ3v) is 4.65. The van der Waals surface area contributed by atoms with Gasteiger partial charge in [0.05, 0.1) is 9.83 Å². The van der Waals surface area contributed by atoms with Crippen molar-refractivity contribution in [2.24, 2.45) is 5.73 Å². The molecule has 0 amide bonds. The first-order chi connectivity index (χ1) is 8.63. The number of hydrogen-bond donors (Lipinski definition) is 1. The van der Waals surface area contributed by atoms with Crippen molar-refractivity contribution in [2.75, 3.05) is 0 Å². The van der Waals surface area contributed by atoms with Gasteiger partial charge in [0.2, 0.25) is 0 Å². The Hall–Kier alpha value is -0.810. The van der Waals surface area contributed by atoms with E-state index in [0.29, 0.717) is 5.02 Å². The van der Waals surface area contributed by atoms with Crippen molar-refractivity contribution in [2.45, 2.75) is 6.04 Å². The van der Waals surface area contributed by atoms with E-state index in [-0.39, 0.29) is 6.04 Å². The SMILES string of the molecule is NC(c1cc2cc(Cl)ccc2o1)c1ccc(Br)s1. The van der Waals surface area contributed by atoms with Gasteiger partial charge in [0, 0.05) is 15.3 Å². The second-order valence-electron chi connectivity index (χ2n) is 3.95. The van der Waals surface area contributed by atoms with E-state index >= 15 is 0 Å². The molecule has 18 heavy (non-hydrogen) atoms. The van der Waals surface area contributed by atoms with Crippen LogP contribution in [0.2, 0.25) is 5.02 Å². The maximum atomic E-state index is 6.19. The van der Waals surface area contributed by atoms with Gasteiger partial charge in [-0.1, -0.05) is 11.6 Å². The summed E-state index contributed by atoms with van der Waals surface area (Å²) in [5.41, 5.74) is 7.00. The number of fused-ring (bicyclic) bond motifs is 1. The molecule has 0 saturated heterocycles. The fraction of sp³-hybridized carbons (Fsp3) is 0.0769. The zero-order valence-corrected chi connectivity index (χ0v) is 12.3. The Kier molecular flexibility index (Phi) is 3.20. The molecule has 0 aliphatic rings. The van der Waals surface area contributed by atoms with Crippen LogP contribution >= 0.6 is 38.9 Å². The van der Waals surface area contributed by atoms with Gasteiger partial charge in [-0.05, 0) is 52.3 Å². The van der Waals surface area contributed by atoms with Crippen LogP contribution in [0, 0.1) is 0 Å². The topological polar surface area (TPSA) is 39.2 Å². The molecule has 2 aromatic heterocycles. The van der Waals surface area contributed by atoms with Gasteiger partial charge in [0.1, 0.15) is 11.3 Å². The number of halogens is 2. The second-order valence-corrected chi connectivity index (χ2v) is 6.88. The molecule has 2 nitrogen and oxygen atoms in total. The lowest BCUT2D eigenvalue weighted by Crippen LogP contribution is -2.08. The van der Waals surface area contributed by atoms with Crippen LogP contribution in [-0.4, -0.2) is 0 Å². The third kappa shape index (κ3) is 2.21. The van der Waals surface area contributed by atoms with Crippen LogP contribution < -0.4 is 5.73 Å². The van der Waals surface area contributed by atoms with Gasteiger partial charge in [-0.25, -0.2) is 0 Å². The zero-order chi connectivity index (χ0) is 12.7. The van der Waals surface area contributed by atoms with Crippen LogP contribution in [0.25, 0.3) is 11.0 Å². The average Bonchev–Trinajstić information content (AvgIpc) is 2.93. The lowest BCUT2D eigenvalue weighted by molar-refractivity contribution is 0.528. The van der Waals surface area contributed by atoms with Crippen molar-refractivity contribution < 1.29 is 4.42 Å². The maximum Gasteiger partial charge on any atom is 0.134 e. The van der Waals surface area contributed by atoms with E-state index < -0.39 is 0 Å².